The predicted octanol–water partition coefficient (Wildman–Crippen LogP) is 0.788. The van der Waals surface area contributed by atoms with Gasteiger partial charge in [0.15, 0.2) is 0 Å². The molecule has 0 unspecified atom stereocenters. The zero-order chi connectivity index (χ0) is 11.5. The molecule has 0 spiro atoms. The Morgan fingerprint density at radius 1 is 1.50 bits per heavy atom. The van der Waals surface area contributed by atoms with Crippen LogP contribution in [-0.4, -0.2) is 41.3 Å². The molecule has 0 bridgehead atoms. The standard InChI is InChI=1S/C11H18N4O/c1-8-13-10(12-2)6-11(14-8)15-5-3-4-9(16)7-15/h6,9,16H,3-5,7H2,1-2H3,(H,12,13,14)/t9-/m0/s1. The third-order valence-corrected chi connectivity index (χ3v) is 2.80. The Balaban J connectivity index is 2.21. The van der Waals surface area contributed by atoms with Crippen molar-refractivity contribution in [2.75, 3.05) is 30.4 Å². The number of aliphatic hydroxyl groups is 1. The van der Waals surface area contributed by atoms with E-state index in [1.807, 2.05) is 20.0 Å². The van der Waals surface area contributed by atoms with Crippen molar-refractivity contribution in [2.24, 2.45) is 0 Å². The van der Waals surface area contributed by atoms with Crippen molar-refractivity contribution in [1.82, 2.24) is 9.97 Å². The highest BCUT2D eigenvalue weighted by molar-refractivity contribution is 5.49. The molecule has 2 heterocycles. The fourth-order valence-corrected chi connectivity index (χ4v) is 2.00. The minimum absolute atomic E-state index is 0.234. The van der Waals surface area contributed by atoms with Crippen LogP contribution in [0, 0.1) is 6.92 Å². The first kappa shape index (κ1) is 11.1. The van der Waals surface area contributed by atoms with Crippen molar-refractivity contribution in [3.8, 4) is 0 Å². The molecule has 5 nitrogen and oxygen atoms in total. The number of hydrogen-bond acceptors (Lipinski definition) is 5. The van der Waals surface area contributed by atoms with Crippen molar-refractivity contribution in [1.29, 1.82) is 0 Å². The maximum atomic E-state index is 9.64. The maximum absolute atomic E-state index is 9.64. The van der Waals surface area contributed by atoms with E-state index in [-0.39, 0.29) is 6.10 Å². The summed E-state index contributed by atoms with van der Waals surface area (Å²) in [7, 11) is 1.84. The first-order valence-corrected chi connectivity index (χ1v) is 5.65. The Hall–Kier alpha value is -1.36. The number of hydrogen-bond donors (Lipinski definition) is 2. The topological polar surface area (TPSA) is 61.3 Å². The van der Waals surface area contributed by atoms with Crippen molar-refractivity contribution in [3.63, 3.8) is 0 Å². The molecule has 1 saturated heterocycles. The summed E-state index contributed by atoms with van der Waals surface area (Å²) in [6, 6.07) is 1.92. The minimum Gasteiger partial charge on any atom is -0.391 e. The molecule has 5 heteroatoms. The molecular weight excluding hydrogens is 204 g/mol. The van der Waals surface area contributed by atoms with Crippen LogP contribution in [0.2, 0.25) is 0 Å². The van der Waals surface area contributed by atoms with E-state index in [4.69, 9.17) is 0 Å². The summed E-state index contributed by atoms with van der Waals surface area (Å²) in [5, 5.41) is 12.7. The first-order chi connectivity index (χ1) is 7.69. The highest BCUT2D eigenvalue weighted by Crippen LogP contribution is 2.20. The van der Waals surface area contributed by atoms with E-state index in [0.717, 1.165) is 36.8 Å². The molecule has 1 fully saturated rings. The number of anilines is 2. The van der Waals surface area contributed by atoms with Gasteiger partial charge < -0.3 is 15.3 Å². The van der Waals surface area contributed by atoms with Gasteiger partial charge in [0.25, 0.3) is 0 Å². The van der Waals surface area contributed by atoms with E-state index >= 15 is 0 Å². The normalized spacial score (nSPS) is 20.9. The van der Waals surface area contributed by atoms with E-state index in [0.29, 0.717) is 6.54 Å². The summed E-state index contributed by atoms with van der Waals surface area (Å²) in [5.41, 5.74) is 0. The molecule has 1 aromatic heterocycles. The van der Waals surface area contributed by atoms with E-state index in [1.54, 1.807) is 0 Å². The molecule has 2 rings (SSSR count). The monoisotopic (exact) mass is 222 g/mol. The number of aryl methyl sites for hydroxylation is 1. The molecule has 0 aromatic carbocycles. The molecule has 0 aliphatic carbocycles. The number of rotatable bonds is 2. The highest BCUT2D eigenvalue weighted by atomic mass is 16.3. The van der Waals surface area contributed by atoms with Gasteiger partial charge in [-0.2, -0.15) is 0 Å². The molecule has 1 aromatic rings. The first-order valence-electron chi connectivity index (χ1n) is 5.65. The second kappa shape index (κ2) is 4.65. The number of β-amino-alcohol motifs (C(OH)–C–C–N with tert-alkyl or cyclic N) is 1. The van der Waals surface area contributed by atoms with Gasteiger partial charge in [0.05, 0.1) is 6.10 Å². The lowest BCUT2D eigenvalue weighted by Gasteiger charge is -2.31. The van der Waals surface area contributed by atoms with Gasteiger partial charge in [-0.3, -0.25) is 0 Å². The Morgan fingerprint density at radius 3 is 3.00 bits per heavy atom. The molecule has 1 atom stereocenters. The number of aliphatic hydroxyl groups excluding tert-OH is 1. The lowest BCUT2D eigenvalue weighted by molar-refractivity contribution is 0.154. The van der Waals surface area contributed by atoms with Crippen molar-refractivity contribution >= 4 is 11.6 Å². The third-order valence-electron chi connectivity index (χ3n) is 2.80. The summed E-state index contributed by atoms with van der Waals surface area (Å²) in [6.07, 6.45) is 1.67. The van der Waals surface area contributed by atoms with Crippen LogP contribution in [0.5, 0.6) is 0 Å². The number of nitrogens with one attached hydrogen (secondary N) is 1. The van der Waals surface area contributed by atoms with Crippen LogP contribution in [0.1, 0.15) is 18.7 Å². The SMILES string of the molecule is CNc1cc(N2CCC[C@H](O)C2)nc(C)n1. The van der Waals surface area contributed by atoms with Crippen molar-refractivity contribution in [3.05, 3.63) is 11.9 Å². The lowest BCUT2D eigenvalue weighted by Crippen LogP contribution is -2.38. The average Bonchev–Trinajstić information content (AvgIpc) is 2.28. The molecule has 0 saturated carbocycles. The Morgan fingerprint density at radius 2 is 2.31 bits per heavy atom. The third kappa shape index (κ3) is 2.41. The van der Waals surface area contributed by atoms with Crippen molar-refractivity contribution < 1.29 is 5.11 Å². The largest absolute Gasteiger partial charge is 0.391 e. The average molecular weight is 222 g/mol. The molecule has 0 radical (unpaired) electrons. The van der Waals surface area contributed by atoms with Gasteiger partial charge in [0, 0.05) is 26.2 Å². The predicted molar refractivity (Wildman–Crippen MR) is 63.8 cm³/mol. The second-order valence-electron chi connectivity index (χ2n) is 4.15. The van der Waals surface area contributed by atoms with Gasteiger partial charge >= 0.3 is 0 Å². The maximum Gasteiger partial charge on any atom is 0.134 e. The van der Waals surface area contributed by atoms with Crippen molar-refractivity contribution in [2.45, 2.75) is 25.9 Å². The zero-order valence-electron chi connectivity index (χ0n) is 9.77. The fraction of sp³-hybridized carbons (Fsp3) is 0.636. The number of nitrogens with zero attached hydrogens (tertiary/aromatic N) is 3. The van der Waals surface area contributed by atoms with Crippen LogP contribution < -0.4 is 10.2 Å². The van der Waals surface area contributed by atoms with Gasteiger partial charge in [-0.1, -0.05) is 0 Å². The van der Waals surface area contributed by atoms with Crippen LogP contribution in [0.3, 0.4) is 0 Å². The summed E-state index contributed by atoms with van der Waals surface area (Å²) in [6.45, 7) is 3.50. The highest BCUT2D eigenvalue weighted by Gasteiger charge is 2.19. The Bertz CT molecular complexity index is 369. The van der Waals surface area contributed by atoms with Gasteiger partial charge in [-0.05, 0) is 19.8 Å². The zero-order valence-corrected chi connectivity index (χ0v) is 9.77. The van der Waals surface area contributed by atoms with Gasteiger partial charge in [-0.15, -0.1) is 0 Å². The number of aromatic nitrogens is 2. The number of piperidine rings is 1. The van der Waals surface area contributed by atoms with E-state index in [2.05, 4.69) is 20.2 Å². The summed E-state index contributed by atoms with van der Waals surface area (Å²) in [5.74, 6) is 2.47. The minimum atomic E-state index is -0.234. The smallest absolute Gasteiger partial charge is 0.134 e. The summed E-state index contributed by atoms with van der Waals surface area (Å²) >= 11 is 0. The van der Waals surface area contributed by atoms with Gasteiger partial charge in [0.2, 0.25) is 0 Å². The second-order valence-corrected chi connectivity index (χ2v) is 4.15. The van der Waals surface area contributed by atoms with Gasteiger partial charge in [0.1, 0.15) is 17.5 Å². The van der Waals surface area contributed by atoms with Crippen LogP contribution in [0.4, 0.5) is 11.6 Å². The van der Waals surface area contributed by atoms with Crippen LogP contribution in [-0.2, 0) is 0 Å². The molecule has 1 aliphatic heterocycles. The molecule has 1 aliphatic rings. The van der Waals surface area contributed by atoms with Gasteiger partial charge in [-0.25, -0.2) is 9.97 Å². The molecule has 0 amide bonds. The summed E-state index contributed by atoms with van der Waals surface area (Å²) < 4.78 is 0. The van der Waals surface area contributed by atoms with E-state index in [1.165, 1.54) is 0 Å². The molecule has 2 N–H and O–H groups in total. The van der Waals surface area contributed by atoms with Crippen LogP contribution >= 0.6 is 0 Å². The molecular formula is C11H18N4O. The Kier molecular flexibility index (Phi) is 3.24. The lowest BCUT2D eigenvalue weighted by atomic mass is 10.1. The molecule has 88 valence electrons. The summed E-state index contributed by atoms with van der Waals surface area (Å²) in [4.78, 5) is 10.8. The Labute approximate surface area is 95.5 Å². The quantitative estimate of drug-likeness (QED) is 0.774. The van der Waals surface area contributed by atoms with Crippen LogP contribution in [0.15, 0.2) is 6.07 Å². The molecule has 16 heavy (non-hydrogen) atoms. The van der Waals surface area contributed by atoms with Crippen LogP contribution in [0.25, 0.3) is 0 Å². The van der Waals surface area contributed by atoms with E-state index < -0.39 is 0 Å². The van der Waals surface area contributed by atoms with E-state index in [9.17, 15) is 5.11 Å². The fourth-order valence-electron chi connectivity index (χ4n) is 2.00.